The van der Waals surface area contributed by atoms with Crippen molar-refractivity contribution in [2.45, 2.75) is 32.2 Å². The average Bonchev–Trinajstić information content (AvgIpc) is 3.04. The van der Waals surface area contributed by atoms with Crippen molar-refractivity contribution < 1.29 is 0 Å². The summed E-state index contributed by atoms with van der Waals surface area (Å²) in [6.07, 6.45) is 11.1. The summed E-state index contributed by atoms with van der Waals surface area (Å²) in [6.45, 7) is 4.56. The molecule has 1 aromatic carbocycles. The molecule has 0 bridgehead atoms. The first-order valence-corrected chi connectivity index (χ1v) is 14.5. The van der Waals surface area contributed by atoms with E-state index < -0.39 is 0 Å². The molecule has 0 radical (unpaired) electrons. The molecule has 0 saturated carbocycles. The highest BCUT2D eigenvalue weighted by atomic mass is 15.1. The van der Waals surface area contributed by atoms with E-state index in [0.717, 1.165) is 81.2 Å². The zero-order valence-corrected chi connectivity index (χ0v) is 23.6. The van der Waals surface area contributed by atoms with E-state index in [0.29, 0.717) is 0 Å². The second kappa shape index (κ2) is 15.4. The van der Waals surface area contributed by atoms with E-state index in [1.807, 2.05) is 49.1 Å². The third kappa shape index (κ3) is 9.33. The average molecular weight is 543 g/mol. The second-order valence-electron chi connectivity index (χ2n) is 10.2. The van der Waals surface area contributed by atoms with Crippen LogP contribution in [0.15, 0.2) is 122 Å². The predicted octanol–water partition coefficient (Wildman–Crippen LogP) is 5.85. The number of anilines is 1. The summed E-state index contributed by atoms with van der Waals surface area (Å²) in [5.74, 6) is 0. The van der Waals surface area contributed by atoms with Crippen LogP contribution >= 0.6 is 0 Å². The van der Waals surface area contributed by atoms with E-state index in [1.165, 1.54) is 11.3 Å². The van der Waals surface area contributed by atoms with Gasteiger partial charge in [0.15, 0.2) is 0 Å². The van der Waals surface area contributed by atoms with Gasteiger partial charge in [0.1, 0.15) is 0 Å². The van der Waals surface area contributed by atoms with Crippen LogP contribution in [0.5, 0.6) is 0 Å². The SMILES string of the molecule is c1ccc(CCN(CCc2ccccn2)Cc2cccc(N(CCc3ccccn3)CCc3ccccn3)c2)nc1. The molecule has 41 heavy (non-hydrogen) atoms. The normalized spacial score (nSPS) is 11.0. The highest BCUT2D eigenvalue weighted by Crippen LogP contribution is 2.19. The quantitative estimate of drug-likeness (QED) is 0.166. The lowest BCUT2D eigenvalue weighted by Crippen LogP contribution is -2.30. The molecule has 0 aliphatic carbocycles. The first-order chi connectivity index (χ1) is 20.3. The number of nitrogens with zero attached hydrogens (tertiary/aromatic N) is 6. The van der Waals surface area contributed by atoms with E-state index in [9.17, 15) is 0 Å². The van der Waals surface area contributed by atoms with E-state index >= 15 is 0 Å². The molecule has 4 heterocycles. The fraction of sp³-hybridized carbons (Fsp3) is 0.257. The molecular weight excluding hydrogens is 504 g/mol. The molecule has 0 unspecified atom stereocenters. The molecule has 0 aliphatic heterocycles. The highest BCUT2D eigenvalue weighted by Gasteiger charge is 2.12. The Bertz CT molecular complexity index is 1330. The number of rotatable bonds is 15. The van der Waals surface area contributed by atoms with Gasteiger partial charge in [0.05, 0.1) is 0 Å². The van der Waals surface area contributed by atoms with Crippen LogP contribution in [0.4, 0.5) is 5.69 Å². The number of hydrogen-bond donors (Lipinski definition) is 0. The third-order valence-electron chi connectivity index (χ3n) is 7.23. The van der Waals surface area contributed by atoms with Crippen molar-refractivity contribution in [2.24, 2.45) is 0 Å². The molecule has 0 atom stereocenters. The first kappa shape index (κ1) is 28.1. The molecule has 0 saturated heterocycles. The zero-order chi connectivity index (χ0) is 28.0. The lowest BCUT2D eigenvalue weighted by Gasteiger charge is -2.27. The third-order valence-corrected chi connectivity index (χ3v) is 7.23. The maximum Gasteiger partial charge on any atom is 0.0421 e. The Labute approximate surface area is 243 Å². The van der Waals surface area contributed by atoms with Crippen molar-refractivity contribution in [3.63, 3.8) is 0 Å². The summed E-state index contributed by atoms with van der Waals surface area (Å²) >= 11 is 0. The van der Waals surface area contributed by atoms with E-state index in [2.05, 4.69) is 103 Å². The van der Waals surface area contributed by atoms with Crippen molar-refractivity contribution >= 4 is 5.69 Å². The highest BCUT2D eigenvalue weighted by molar-refractivity contribution is 5.49. The summed E-state index contributed by atoms with van der Waals surface area (Å²) in [4.78, 5) is 23.2. The van der Waals surface area contributed by atoms with Gasteiger partial charge in [-0.1, -0.05) is 36.4 Å². The van der Waals surface area contributed by atoms with E-state index in [1.54, 1.807) is 0 Å². The predicted molar refractivity (Wildman–Crippen MR) is 166 cm³/mol. The van der Waals surface area contributed by atoms with Gasteiger partial charge in [-0.15, -0.1) is 0 Å². The number of aromatic nitrogens is 4. The van der Waals surface area contributed by atoms with Crippen molar-refractivity contribution in [1.29, 1.82) is 0 Å². The Morgan fingerprint density at radius 2 is 0.878 bits per heavy atom. The van der Waals surface area contributed by atoms with Gasteiger partial charge in [0.25, 0.3) is 0 Å². The van der Waals surface area contributed by atoms with Gasteiger partial charge >= 0.3 is 0 Å². The molecule has 0 aliphatic rings. The van der Waals surface area contributed by atoms with Gasteiger partial charge in [0.2, 0.25) is 0 Å². The van der Waals surface area contributed by atoms with Gasteiger partial charge in [-0.05, 0) is 66.2 Å². The Kier molecular flexibility index (Phi) is 10.6. The van der Waals surface area contributed by atoms with Gasteiger partial charge in [0, 0.05) is 112 Å². The maximum absolute atomic E-state index is 4.55. The van der Waals surface area contributed by atoms with Crippen LogP contribution in [0, 0.1) is 0 Å². The van der Waals surface area contributed by atoms with Crippen LogP contribution in [-0.2, 0) is 32.2 Å². The topological polar surface area (TPSA) is 58.0 Å². The first-order valence-electron chi connectivity index (χ1n) is 14.5. The lowest BCUT2D eigenvalue weighted by atomic mass is 10.1. The Balaban J connectivity index is 1.30. The monoisotopic (exact) mass is 542 g/mol. The molecular formula is C35H38N6. The van der Waals surface area contributed by atoms with Crippen LogP contribution in [0.25, 0.3) is 0 Å². The van der Waals surface area contributed by atoms with Crippen molar-refractivity contribution in [2.75, 3.05) is 31.1 Å². The minimum atomic E-state index is 0.877. The van der Waals surface area contributed by atoms with Gasteiger partial charge < -0.3 is 4.90 Å². The van der Waals surface area contributed by atoms with Crippen LogP contribution in [0.2, 0.25) is 0 Å². The Hall–Kier alpha value is -4.42. The molecule has 4 aromatic heterocycles. The van der Waals surface area contributed by atoms with Gasteiger partial charge in [-0.25, -0.2) is 0 Å². The van der Waals surface area contributed by atoms with E-state index in [4.69, 9.17) is 0 Å². The Morgan fingerprint density at radius 3 is 1.29 bits per heavy atom. The molecule has 6 heteroatoms. The molecule has 208 valence electrons. The summed E-state index contributed by atoms with van der Waals surface area (Å²) in [6, 6.07) is 33.6. The minimum Gasteiger partial charge on any atom is -0.371 e. The van der Waals surface area contributed by atoms with Crippen LogP contribution in [0.3, 0.4) is 0 Å². The minimum absolute atomic E-state index is 0.877. The number of pyridine rings is 4. The summed E-state index contributed by atoms with van der Waals surface area (Å²) in [7, 11) is 0. The molecule has 5 aromatic rings. The maximum atomic E-state index is 4.55. The number of benzene rings is 1. The van der Waals surface area contributed by atoms with Crippen LogP contribution in [0.1, 0.15) is 28.3 Å². The smallest absolute Gasteiger partial charge is 0.0421 e. The molecule has 0 N–H and O–H groups in total. The fourth-order valence-electron chi connectivity index (χ4n) is 4.98. The second-order valence-corrected chi connectivity index (χ2v) is 10.2. The van der Waals surface area contributed by atoms with Gasteiger partial charge in [-0.3, -0.25) is 24.8 Å². The largest absolute Gasteiger partial charge is 0.371 e. The lowest BCUT2D eigenvalue weighted by molar-refractivity contribution is 0.270. The van der Waals surface area contributed by atoms with Crippen LogP contribution in [-0.4, -0.2) is 51.0 Å². The molecule has 0 fully saturated rings. The summed E-state index contributed by atoms with van der Waals surface area (Å²) in [5.41, 5.74) is 7.02. The fourth-order valence-corrected chi connectivity index (χ4v) is 4.98. The number of hydrogen-bond acceptors (Lipinski definition) is 6. The molecule has 0 amide bonds. The van der Waals surface area contributed by atoms with Gasteiger partial charge in [-0.2, -0.15) is 0 Å². The van der Waals surface area contributed by atoms with Crippen molar-refractivity contribution in [3.8, 4) is 0 Å². The summed E-state index contributed by atoms with van der Waals surface area (Å²) in [5, 5.41) is 0. The van der Waals surface area contributed by atoms with Crippen LogP contribution < -0.4 is 4.90 Å². The zero-order valence-electron chi connectivity index (χ0n) is 23.6. The Morgan fingerprint density at radius 1 is 0.439 bits per heavy atom. The van der Waals surface area contributed by atoms with E-state index in [-0.39, 0.29) is 0 Å². The molecule has 6 nitrogen and oxygen atoms in total. The molecule has 0 spiro atoms. The molecule has 5 rings (SSSR count). The van der Waals surface area contributed by atoms with Crippen molar-refractivity contribution in [1.82, 2.24) is 24.8 Å². The van der Waals surface area contributed by atoms with Crippen molar-refractivity contribution in [3.05, 3.63) is 150 Å². The standard InChI is InChI=1S/C35H38N6/c1-5-20-36-31(11-1)16-24-40(25-17-32-12-2-6-21-37-32)29-30-10-9-15-35(28-30)41(26-18-33-13-3-7-22-38-33)27-19-34-14-4-8-23-39-34/h1-15,20-23,28H,16-19,24-27,29H2. The summed E-state index contributed by atoms with van der Waals surface area (Å²) < 4.78 is 0.